The molecule has 0 bridgehead atoms. The highest BCUT2D eigenvalue weighted by Crippen LogP contribution is 2.49. The molecule has 0 saturated heterocycles. The number of alkyl halides is 2. The van der Waals surface area contributed by atoms with Gasteiger partial charge in [0.05, 0.1) is 0 Å². The van der Waals surface area contributed by atoms with Gasteiger partial charge in [-0.15, -0.1) is 0 Å². The summed E-state index contributed by atoms with van der Waals surface area (Å²) in [6.07, 6.45) is 1.08. The van der Waals surface area contributed by atoms with E-state index in [1.807, 2.05) is 27.7 Å². The van der Waals surface area contributed by atoms with Crippen LogP contribution in [0.2, 0.25) is 0 Å². The average molecular weight is 297 g/mol. The summed E-state index contributed by atoms with van der Waals surface area (Å²) in [5.74, 6) is -2.78. The number of hydrogen-bond acceptors (Lipinski definition) is 1. The Labute approximate surface area is 128 Å². The Bertz CT molecular complexity index is 443. The number of aryl methyl sites for hydroxylation is 1. The van der Waals surface area contributed by atoms with E-state index in [0.29, 0.717) is 6.54 Å². The molecule has 1 heterocycles. The third-order valence-corrected chi connectivity index (χ3v) is 3.89. The Morgan fingerprint density at radius 3 is 2.33 bits per heavy atom. The Balaban J connectivity index is 0.000000510. The predicted molar refractivity (Wildman–Crippen MR) is 85.9 cm³/mol. The molecule has 0 N–H and O–H groups in total. The molecule has 1 nitrogen and oxygen atoms in total. The minimum atomic E-state index is -2.38. The quantitative estimate of drug-likeness (QED) is 0.737. The van der Waals surface area contributed by atoms with Crippen molar-refractivity contribution < 1.29 is 8.78 Å². The molecule has 3 heteroatoms. The summed E-state index contributed by atoms with van der Waals surface area (Å²) in [6, 6.07) is 6.49. The van der Waals surface area contributed by atoms with Crippen LogP contribution in [0.4, 0.5) is 8.78 Å². The maximum absolute atomic E-state index is 12.9. The molecule has 120 valence electrons. The fourth-order valence-electron chi connectivity index (χ4n) is 2.68. The van der Waals surface area contributed by atoms with Crippen LogP contribution < -0.4 is 0 Å². The maximum atomic E-state index is 12.9. The van der Waals surface area contributed by atoms with E-state index in [1.54, 1.807) is 0 Å². The van der Waals surface area contributed by atoms with Crippen LogP contribution in [0.3, 0.4) is 0 Å². The van der Waals surface area contributed by atoms with E-state index < -0.39 is 11.8 Å². The first-order valence-corrected chi connectivity index (χ1v) is 8.23. The van der Waals surface area contributed by atoms with Gasteiger partial charge in [0.25, 0.3) is 5.92 Å². The van der Waals surface area contributed by atoms with Gasteiger partial charge in [-0.2, -0.15) is 0 Å². The molecule has 1 aliphatic carbocycles. The van der Waals surface area contributed by atoms with Crippen molar-refractivity contribution in [1.29, 1.82) is 0 Å². The minimum Gasteiger partial charge on any atom is -0.298 e. The summed E-state index contributed by atoms with van der Waals surface area (Å²) in [5.41, 5.74) is 3.96. The first kappa shape index (κ1) is 18.1. The van der Waals surface area contributed by atoms with Gasteiger partial charge >= 0.3 is 0 Å². The summed E-state index contributed by atoms with van der Waals surface area (Å²) in [6.45, 7) is 12.4. The molecule has 0 spiro atoms. The van der Waals surface area contributed by atoms with Gasteiger partial charge in [0.1, 0.15) is 0 Å². The molecule has 1 fully saturated rings. The maximum Gasteiger partial charge on any atom is 0.252 e. The fraction of sp³-hybridized carbons (Fsp3) is 0.667. The third-order valence-electron chi connectivity index (χ3n) is 3.89. The molecule has 0 amide bonds. The van der Waals surface area contributed by atoms with Crippen molar-refractivity contribution in [3.8, 4) is 0 Å². The molecule has 3 rings (SSSR count). The lowest BCUT2D eigenvalue weighted by Crippen LogP contribution is -2.33. The van der Waals surface area contributed by atoms with Gasteiger partial charge in [-0.25, -0.2) is 8.78 Å². The van der Waals surface area contributed by atoms with Gasteiger partial charge in [-0.1, -0.05) is 51.5 Å². The Hall–Kier alpha value is -0.960. The van der Waals surface area contributed by atoms with Crippen molar-refractivity contribution in [1.82, 2.24) is 4.90 Å². The van der Waals surface area contributed by atoms with E-state index in [9.17, 15) is 8.78 Å². The number of benzene rings is 1. The standard InChI is InChI=1S/C14H17F2N.2C2H6/c1-10-2-3-11-4-5-17(8-12(11)6-10)9-13-7-14(13,15)16;2*1-2/h2-3,6,13H,4-5,7-9H2,1H3;2*1-2H3. The molecular formula is C18H29F2N. The molecule has 2 aliphatic rings. The smallest absolute Gasteiger partial charge is 0.252 e. The van der Waals surface area contributed by atoms with Gasteiger partial charge < -0.3 is 0 Å². The van der Waals surface area contributed by atoms with Crippen LogP contribution >= 0.6 is 0 Å². The van der Waals surface area contributed by atoms with Crippen molar-refractivity contribution in [3.05, 3.63) is 34.9 Å². The van der Waals surface area contributed by atoms with Gasteiger partial charge in [0.2, 0.25) is 0 Å². The lowest BCUT2D eigenvalue weighted by atomic mass is 9.97. The molecule has 1 atom stereocenters. The fourth-order valence-corrected chi connectivity index (χ4v) is 2.68. The van der Waals surface area contributed by atoms with Crippen LogP contribution in [0.5, 0.6) is 0 Å². The van der Waals surface area contributed by atoms with Crippen LogP contribution in [0.25, 0.3) is 0 Å². The lowest BCUT2D eigenvalue weighted by molar-refractivity contribution is 0.0853. The monoisotopic (exact) mass is 297 g/mol. The summed E-state index contributed by atoms with van der Waals surface area (Å²) in [5, 5.41) is 0. The van der Waals surface area contributed by atoms with E-state index in [-0.39, 0.29) is 6.42 Å². The summed E-state index contributed by atoms with van der Waals surface area (Å²) < 4.78 is 25.8. The summed E-state index contributed by atoms with van der Waals surface area (Å²) in [4.78, 5) is 2.17. The largest absolute Gasteiger partial charge is 0.298 e. The number of hydrogen-bond donors (Lipinski definition) is 0. The van der Waals surface area contributed by atoms with Gasteiger partial charge in [-0.05, 0) is 24.5 Å². The van der Waals surface area contributed by atoms with E-state index in [1.165, 1.54) is 16.7 Å². The van der Waals surface area contributed by atoms with Crippen molar-refractivity contribution in [3.63, 3.8) is 0 Å². The normalized spacial score (nSPS) is 22.1. The second-order valence-corrected chi connectivity index (χ2v) is 5.42. The Kier molecular flexibility index (Phi) is 6.79. The third kappa shape index (κ3) is 4.77. The highest BCUT2D eigenvalue weighted by Gasteiger charge is 2.56. The zero-order chi connectivity index (χ0) is 16.0. The first-order chi connectivity index (χ1) is 10.0. The number of nitrogens with zero attached hydrogens (tertiary/aromatic N) is 1. The molecule has 0 radical (unpaired) electrons. The topological polar surface area (TPSA) is 3.24 Å². The highest BCUT2D eigenvalue weighted by molar-refractivity contribution is 5.33. The van der Waals surface area contributed by atoms with E-state index in [2.05, 4.69) is 30.0 Å². The van der Waals surface area contributed by atoms with Crippen LogP contribution in [0, 0.1) is 12.8 Å². The van der Waals surface area contributed by atoms with Gasteiger partial charge in [0.15, 0.2) is 0 Å². The van der Waals surface area contributed by atoms with Crippen molar-refractivity contribution >= 4 is 0 Å². The molecule has 21 heavy (non-hydrogen) atoms. The Morgan fingerprint density at radius 2 is 1.76 bits per heavy atom. The van der Waals surface area contributed by atoms with Gasteiger partial charge in [0, 0.05) is 32.0 Å². The number of halogens is 2. The second kappa shape index (κ2) is 7.88. The van der Waals surface area contributed by atoms with Crippen LogP contribution in [0.15, 0.2) is 18.2 Å². The van der Waals surface area contributed by atoms with Crippen LogP contribution in [-0.4, -0.2) is 23.9 Å². The molecule has 1 aromatic carbocycles. The average Bonchev–Trinajstić information content (AvgIpc) is 3.09. The van der Waals surface area contributed by atoms with E-state index in [0.717, 1.165) is 19.5 Å². The van der Waals surface area contributed by atoms with Crippen molar-refractivity contribution in [2.75, 3.05) is 13.1 Å². The Morgan fingerprint density at radius 1 is 1.14 bits per heavy atom. The lowest BCUT2D eigenvalue weighted by Gasteiger charge is -2.29. The SMILES string of the molecule is CC.CC.Cc1ccc2c(c1)CN(CC1CC1(F)F)CC2. The van der Waals surface area contributed by atoms with Crippen LogP contribution in [-0.2, 0) is 13.0 Å². The second-order valence-electron chi connectivity index (χ2n) is 5.42. The van der Waals surface area contributed by atoms with E-state index in [4.69, 9.17) is 0 Å². The number of rotatable bonds is 2. The molecular weight excluding hydrogens is 268 g/mol. The summed E-state index contributed by atoms with van der Waals surface area (Å²) in [7, 11) is 0. The highest BCUT2D eigenvalue weighted by atomic mass is 19.3. The predicted octanol–water partition coefficient (Wildman–Crippen LogP) is 5.06. The molecule has 1 unspecified atom stereocenters. The van der Waals surface area contributed by atoms with Crippen molar-refractivity contribution in [2.45, 2.75) is 59.9 Å². The zero-order valence-electron chi connectivity index (χ0n) is 14.0. The number of fused-ring (bicyclic) bond motifs is 1. The molecule has 1 aliphatic heterocycles. The van der Waals surface area contributed by atoms with Crippen molar-refractivity contribution in [2.24, 2.45) is 5.92 Å². The van der Waals surface area contributed by atoms with Gasteiger partial charge in [-0.3, -0.25) is 4.90 Å². The molecule has 1 saturated carbocycles. The summed E-state index contributed by atoms with van der Waals surface area (Å²) >= 11 is 0. The first-order valence-electron chi connectivity index (χ1n) is 8.23. The molecule has 1 aromatic rings. The van der Waals surface area contributed by atoms with Crippen LogP contribution in [0.1, 0.15) is 50.8 Å². The van der Waals surface area contributed by atoms with E-state index >= 15 is 0 Å². The molecule has 0 aromatic heterocycles. The zero-order valence-corrected chi connectivity index (χ0v) is 14.0. The minimum absolute atomic E-state index is 0.0875.